The summed E-state index contributed by atoms with van der Waals surface area (Å²) in [5.74, 6) is 0.448. The lowest BCUT2D eigenvalue weighted by atomic mass is 10.1. The van der Waals surface area contributed by atoms with E-state index in [1.165, 1.54) is 0 Å². The molecule has 5 nitrogen and oxygen atoms in total. The Hall–Kier alpha value is -2.69. The van der Waals surface area contributed by atoms with Crippen molar-refractivity contribution < 1.29 is 9.53 Å². The summed E-state index contributed by atoms with van der Waals surface area (Å²) < 4.78 is 5.58. The molecule has 0 unspecified atom stereocenters. The maximum atomic E-state index is 11.8. The first-order chi connectivity index (χ1) is 10.6. The van der Waals surface area contributed by atoms with E-state index < -0.39 is 0 Å². The molecule has 2 rings (SSSR count). The molecule has 0 saturated carbocycles. The molecule has 0 aliphatic carbocycles. The van der Waals surface area contributed by atoms with Gasteiger partial charge in [-0.2, -0.15) is 5.10 Å². The minimum atomic E-state index is -0.295. The van der Waals surface area contributed by atoms with Gasteiger partial charge >= 0.3 is 0 Å². The van der Waals surface area contributed by atoms with Gasteiger partial charge in [-0.3, -0.25) is 9.78 Å². The summed E-state index contributed by atoms with van der Waals surface area (Å²) in [6.45, 7) is 5.65. The van der Waals surface area contributed by atoms with Gasteiger partial charge < -0.3 is 4.74 Å². The zero-order valence-corrected chi connectivity index (χ0v) is 13.0. The summed E-state index contributed by atoms with van der Waals surface area (Å²) in [6, 6.07) is 9.52. The van der Waals surface area contributed by atoms with E-state index in [0.717, 1.165) is 22.4 Å². The van der Waals surface area contributed by atoms with Gasteiger partial charge in [-0.05, 0) is 44.0 Å². The molecule has 0 aliphatic rings. The molecule has 1 aromatic carbocycles. The van der Waals surface area contributed by atoms with Crippen LogP contribution in [0.1, 0.15) is 23.6 Å². The van der Waals surface area contributed by atoms with Crippen LogP contribution in [-0.4, -0.2) is 23.2 Å². The largest absolute Gasteiger partial charge is 0.483 e. The SMILES string of the molecule is C/C(=N/NC(=O)COc1c(C)cccc1C)c1ccncc1. The third kappa shape index (κ3) is 4.15. The van der Waals surface area contributed by atoms with Crippen LogP contribution in [0.3, 0.4) is 0 Å². The first-order valence-corrected chi connectivity index (χ1v) is 7.00. The Morgan fingerprint density at radius 2 is 1.82 bits per heavy atom. The molecule has 1 aromatic heterocycles. The van der Waals surface area contributed by atoms with E-state index >= 15 is 0 Å². The second-order valence-electron chi connectivity index (χ2n) is 4.98. The molecule has 114 valence electrons. The summed E-state index contributed by atoms with van der Waals surface area (Å²) in [6.07, 6.45) is 3.36. The number of benzene rings is 1. The fourth-order valence-electron chi connectivity index (χ4n) is 2.00. The molecule has 2 aromatic rings. The number of hydrogen-bond acceptors (Lipinski definition) is 4. The molecule has 0 saturated heterocycles. The summed E-state index contributed by atoms with van der Waals surface area (Å²) in [5.41, 5.74) is 6.12. The molecule has 0 aliphatic heterocycles. The van der Waals surface area contributed by atoms with Crippen LogP contribution >= 0.6 is 0 Å². The van der Waals surface area contributed by atoms with Gasteiger partial charge in [0.15, 0.2) is 6.61 Å². The Kier molecular flexibility index (Phi) is 5.25. The zero-order chi connectivity index (χ0) is 15.9. The van der Waals surface area contributed by atoms with Crippen molar-refractivity contribution in [3.8, 4) is 5.75 Å². The number of aromatic nitrogens is 1. The minimum absolute atomic E-state index is 0.0706. The van der Waals surface area contributed by atoms with Crippen molar-refractivity contribution in [2.75, 3.05) is 6.61 Å². The third-order valence-corrected chi connectivity index (χ3v) is 3.20. The number of para-hydroxylation sites is 1. The summed E-state index contributed by atoms with van der Waals surface area (Å²) >= 11 is 0. The monoisotopic (exact) mass is 297 g/mol. The van der Waals surface area contributed by atoms with Crippen LogP contribution < -0.4 is 10.2 Å². The molecular formula is C17H19N3O2. The second-order valence-corrected chi connectivity index (χ2v) is 4.98. The number of hydrazone groups is 1. The smallest absolute Gasteiger partial charge is 0.277 e. The van der Waals surface area contributed by atoms with E-state index in [0.29, 0.717) is 5.71 Å². The number of carbonyl (C=O) groups excluding carboxylic acids is 1. The van der Waals surface area contributed by atoms with Crippen molar-refractivity contribution in [3.63, 3.8) is 0 Å². The number of aryl methyl sites for hydroxylation is 2. The molecule has 5 heteroatoms. The predicted octanol–water partition coefficient (Wildman–Crippen LogP) is 2.62. The third-order valence-electron chi connectivity index (χ3n) is 3.20. The van der Waals surface area contributed by atoms with Crippen LogP contribution in [-0.2, 0) is 4.79 Å². The van der Waals surface area contributed by atoms with Gasteiger partial charge in [-0.1, -0.05) is 18.2 Å². The molecule has 0 spiro atoms. The van der Waals surface area contributed by atoms with E-state index in [4.69, 9.17) is 4.74 Å². The first kappa shape index (κ1) is 15.7. The molecule has 22 heavy (non-hydrogen) atoms. The average molecular weight is 297 g/mol. The van der Waals surface area contributed by atoms with Crippen LogP contribution in [0.4, 0.5) is 0 Å². The van der Waals surface area contributed by atoms with Crippen LogP contribution in [0.25, 0.3) is 0 Å². The maximum absolute atomic E-state index is 11.8. The maximum Gasteiger partial charge on any atom is 0.277 e. The number of nitrogens with one attached hydrogen (secondary N) is 1. The Balaban J connectivity index is 1.91. The number of amides is 1. The zero-order valence-electron chi connectivity index (χ0n) is 13.0. The average Bonchev–Trinajstić information content (AvgIpc) is 2.53. The van der Waals surface area contributed by atoms with Crippen LogP contribution in [0, 0.1) is 13.8 Å². The predicted molar refractivity (Wildman–Crippen MR) is 86.0 cm³/mol. The van der Waals surface area contributed by atoms with Crippen molar-refractivity contribution in [2.24, 2.45) is 5.10 Å². The molecule has 0 bridgehead atoms. The van der Waals surface area contributed by atoms with Crippen molar-refractivity contribution in [1.29, 1.82) is 0 Å². The molecule has 0 fully saturated rings. The summed E-state index contributed by atoms with van der Waals surface area (Å²) in [5, 5.41) is 4.06. The van der Waals surface area contributed by atoms with E-state index in [-0.39, 0.29) is 12.5 Å². The van der Waals surface area contributed by atoms with E-state index in [1.807, 2.05) is 51.1 Å². The molecule has 0 atom stereocenters. The topological polar surface area (TPSA) is 63.6 Å². The molecule has 1 N–H and O–H groups in total. The number of carbonyl (C=O) groups is 1. The lowest BCUT2D eigenvalue weighted by molar-refractivity contribution is -0.123. The highest BCUT2D eigenvalue weighted by atomic mass is 16.5. The summed E-state index contributed by atoms with van der Waals surface area (Å²) in [4.78, 5) is 15.8. The fourth-order valence-corrected chi connectivity index (χ4v) is 2.00. The molecule has 0 radical (unpaired) electrons. The number of pyridine rings is 1. The lowest BCUT2D eigenvalue weighted by Gasteiger charge is -2.11. The van der Waals surface area contributed by atoms with Crippen molar-refractivity contribution in [2.45, 2.75) is 20.8 Å². The number of ether oxygens (including phenoxy) is 1. The van der Waals surface area contributed by atoms with Gasteiger partial charge in [0.05, 0.1) is 5.71 Å². The normalized spacial score (nSPS) is 11.1. The standard InChI is InChI=1S/C17H19N3O2/c1-12-5-4-6-13(2)17(12)22-11-16(21)20-19-14(3)15-7-9-18-10-8-15/h4-10H,11H2,1-3H3,(H,20,21)/b19-14-. The van der Waals surface area contributed by atoms with Gasteiger partial charge in [-0.25, -0.2) is 5.43 Å². The number of hydrogen-bond donors (Lipinski definition) is 1. The van der Waals surface area contributed by atoms with Crippen molar-refractivity contribution in [1.82, 2.24) is 10.4 Å². The van der Waals surface area contributed by atoms with Gasteiger partial charge in [0, 0.05) is 18.0 Å². The highest BCUT2D eigenvalue weighted by molar-refractivity contribution is 5.99. The van der Waals surface area contributed by atoms with Gasteiger partial charge in [-0.15, -0.1) is 0 Å². The van der Waals surface area contributed by atoms with E-state index in [9.17, 15) is 4.79 Å². The molecule has 1 heterocycles. The Morgan fingerprint density at radius 3 is 2.45 bits per heavy atom. The van der Waals surface area contributed by atoms with Gasteiger partial charge in [0.25, 0.3) is 5.91 Å². The Morgan fingerprint density at radius 1 is 1.18 bits per heavy atom. The lowest BCUT2D eigenvalue weighted by Crippen LogP contribution is -2.26. The van der Waals surface area contributed by atoms with E-state index in [2.05, 4.69) is 15.5 Å². The Bertz CT molecular complexity index is 661. The highest BCUT2D eigenvalue weighted by Crippen LogP contribution is 2.21. The van der Waals surface area contributed by atoms with Crippen LogP contribution in [0.2, 0.25) is 0 Å². The van der Waals surface area contributed by atoms with Gasteiger partial charge in [0.1, 0.15) is 5.75 Å². The number of rotatable bonds is 5. The molecule has 1 amide bonds. The van der Waals surface area contributed by atoms with Gasteiger partial charge in [0.2, 0.25) is 0 Å². The number of nitrogens with zero attached hydrogens (tertiary/aromatic N) is 2. The van der Waals surface area contributed by atoms with Crippen molar-refractivity contribution in [3.05, 3.63) is 59.4 Å². The quantitative estimate of drug-likeness (QED) is 0.681. The molecular weight excluding hydrogens is 278 g/mol. The fraction of sp³-hybridized carbons (Fsp3) is 0.235. The van der Waals surface area contributed by atoms with Crippen LogP contribution in [0.15, 0.2) is 47.8 Å². The van der Waals surface area contributed by atoms with Crippen molar-refractivity contribution >= 4 is 11.6 Å². The van der Waals surface area contributed by atoms with Crippen LogP contribution in [0.5, 0.6) is 5.75 Å². The Labute approximate surface area is 130 Å². The summed E-state index contributed by atoms with van der Waals surface area (Å²) in [7, 11) is 0. The highest BCUT2D eigenvalue weighted by Gasteiger charge is 2.07. The first-order valence-electron chi connectivity index (χ1n) is 7.00. The second kappa shape index (κ2) is 7.36. The minimum Gasteiger partial charge on any atom is -0.483 e. The van der Waals surface area contributed by atoms with E-state index in [1.54, 1.807) is 12.4 Å².